The van der Waals surface area contributed by atoms with E-state index in [1.807, 2.05) is 13.8 Å². The molecule has 0 heterocycles. The molecule has 0 saturated carbocycles. The summed E-state index contributed by atoms with van der Waals surface area (Å²) in [7, 11) is -3.31. The zero-order valence-corrected chi connectivity index (χ0v) is 7.48. The van der Waals surface area contributed by atoms with Gasteiger partial charge in [-0.15, -0.1) is 0 Å². The summed E-state index contributed by atoms with van der Waals surface area (Å²) in [6, 6.07) is 0. The van der Waals surface area contributed by atoms with Crippen LogP contribution in [0.5, 0.6) is 0 Å². The molecule has 0 rings (SSSR count). The van der Waals surface area contributed by atoms with Crippen LogP contribution in [-0.2, 0) is 10.0 Å². The third-order valence-electron chi connectivity index (χ3n) is 1.96. The van der Waals surface area contributed by atoms with Crippen molar-refractivity contribution in [3.8, 4) is 0 Å². The van der Waals surface area contributed by atoms with Crippen LogP contribution in [0.3, 0.4) is 0 Å². The Morgan fingerprint density at radius 3 is 1.90 bits per heavy atom. The Morgan fingerprint density at radius 1 is 1.40 bits per heavy atom. The highest BCUT2D eigenvalue weighted by Crippen LogP contribution is 2.12. The molecule has 0 aromatic carbocycles. The summed E-state index contributed by atoms with van der Waals surface area (Å²) in [4.78, 5) is 0. The molecule has 0 aromatic heterocycles. The maximum atomic E-state index is 10.7. The summed E-state index contributed by atoms with van der Waals surface area (Å²) >= 11 is 0. The fourth-order valence-electron chi connectivity index (χ4n) is 0.656. The number of sulfonamides is 1. The van der Waals surface area contributed by atoms with Crippen LogP contribution in [0.15, 0.2) is 0 Å². The fourth-order valence-corrected chi connectivity index (χ4v) is 1.50. The molecule has 0 bridgehead atoms. The summed E-state index contributed by atoms with van der Waals surface area (Å²) < 4.78 is 21.4. The Bertz CT molecular complexity index is 186. The molecule has 62 valence electrons. The Morgan fingerprint density at radius 2 is 1.80 bits per heavy atom. The van der Waals surface area contributed by atoms with Gasteiger partial charge in [0.2, 0.25) is 10.0 Å². The molecule has 2 N–H and O–H groups in total. The van der Waals surface area contributed by atoms with Gasteiger partial charge in [-0.2, -0.15) is 0 Å². The Kier molecular flexibility index (Phi) is 3.31. The van der Waals surface area contributed by atoms with Gasteiger partial charge in [0.1, 0.15) is 0 Å². The summed E-state index contributed by atoms with van der Waals surface area (Å²) in [5.41, 5.74) is 0. The first kappa shape index (κ1) is 9.91. The van der Waals surface area contributed by atoms with Gasteiger partial charge >= 0.3 is 0 Å². The van der Waals surface area contributed by atoms with Crippen molar-refractivity contribution < 1.29 is 8.42 Å². The quantitative estimate of drug-likeness (QED) is 0.669. The maximum absolute atomic E-state index is 10.7. The molecule has 0 amide bonds. The van der Waals surface area contributed by atoms with Crippen LogP contribution in [0, 0.1) is 5.92 Å². The lowest BCUT2D eigenvalue weighted by atomic mass is 10.1. The van der Waals surface area contributed by atoms with Gasteiger partial charge in [-0.1, -0.05) is 20.3 Å². The highest BCUT2D eigenvalue weighted by Gasteiger charge is 2.20. The predicted octanol–water partition coefficient (Wildman–Crippen LogP) is 0.710. The topological polar surface area (TPSA) is 60.2 Å². The molecule has 0 aliphatic heterocycles. The van der Waals surface area contributed by atoms with Gasteiger partial charge in [-0.05, 0) is 12.8 Å². The maximum Gasteiger partial charge on any atom is 0.211 e. The fraction of sp³-hybridized carbons (Fsp3) is 1.00. The van der Waals surface area contributed by atoms with Gasteiger partial charge < -0.3 is 0 Å². The van der Waals surface area contributed by atoms with Gasteiger partial charge in [0.05, 0.1) is 5.25 Å². The van der Waals surface area contributed by atoms with Crippen LogP contribution in [0.2, 0.25) is 0 Å². The van der Waals surface area contributed by atoms with E-state index in [0.29, 0.717) is 0 Å². The second kappa shape index (κ2) is 3.34. The SMILES string of the molecule is CC[C@@H](C)[C@@H](C)S(N)(=O)=O. The van der Waals surface area contributed by atoms with E-state index in [2.05, 4.69) is 0 Å². The van der Waals surface area contributed by atoms with Crippen LogP contribution in [0.25, 0.3) is 0 Å². The van der Waals surface area contributed by atoms with Crippen molar-refractivity contribution in [3.05, 3.63) is 0 Å². The number of hydrogen-bond acceptors (Lipinski definition) is 2. The van der Waals surface area contributed by atoms with Crippen molar-refractivity contribution in [1.29, 1.82) is 0 Å². The van der Waals surface area contributed by atoms with Crippen LogP contribution < -0.4 is 5.14 Å². The van der Waals surface area contributed by atoms with Gasteiger partial charge in [0, 0.05) is 0 Å². The molecule has 10 heavy (non-hydrogen) atoms. The van der Waals surface area contributed by atoms with E-state index in [-0.39, 0.29) is 5.92 Å². The molecule has 0 unspecified atom stereocenters. The molecule has 0 saturated heterocycles. The van der Waals surface area contributed by atoms with Gasteiger partial charge in [0.15, 0.2) is 0 Å². The van der Waals surface area contributed by atoms with Gasteiger partial charge in [-0.3, -0.25) is 0 Å². The first-order valence-electron chi connectivity index (χ1n) is 3.41. The Hall–Kier alpha value is -0.0900. The minimum Gasteiger partial charge on any atom is -0.228 e. The van der Waals surface area contributed by atoms with E-state index in [1.54, 1.807) is 6.92 Å². The summed E-state index contributed by atoms with van der Waals surface area (Å²) in [5, 5.41) is 4.51. The van der Waals surface area contributed by atoms with Crippen molar-refractivity contribution in [2.24, 2.45) is 11.1 Å². The molecule has 0 aliphatic rings. The van der Waals surface area contributed by atoms with E-state index in [9.17, 15) is 8.42 Å². The first-order chi connectivity index (χ1) is 4.39. The Balaban J connectivity index is 4.23. The predicted molar refractivity (Wildman–Crippen MR) is 42.0 cm³/mol. The first-order valence-corrected chi connectivity index (χ1v) is 5.02. The van der Waals surface area contributed by atoms with Crippen LogP contribution in [-0.4, -0.2) is 13.7 Å². The number of primary sulfonamides is 1. The minimum absolute atomic E-state index is 0.148. The third-order valence-corrected chi connectivity index (χ3v) is 3.46. The Labute approximate surface area is 62.7 Å². The molecule has 4 heteroatoms. The molecule has 0 spiro atoms. The molecular weight excluding hydrogens is 150 g/mol. The number of hydrogen-bond donors (Lipinski definition) is 1. The zero-order chi connectivity index (χ0) is 8.36. The molecule has 0 aromatic rings. The lowest BCUT2D eigenvalue weighted by Crippen LogP contribution is -2.30. The van der Waals surface area contributed by atoms with Crippen molar-refractivity contribution >= 4 is 10.0 Å². The molecule has 0 fully saturated rings. The van der Waals surface area contributed by atoms with E-state index in [1.165, 1.54) is 0 Å². The molecular formula is C6H15NO2S. The summed E-state index contributed by atoms with van der Waals surface area (Å²) in [6.07, 6.45) is 0.845. The number of rotatable bonds is 3. The molecule has 0 radical (unpaired) electrons. The van der Waals surface area contributed by atoms with Crippen molar-refractivity contribution in [3.63, 3.8) is 0 Å². The largest absolute Gasteiger partial charge is 0.228 e. The smallest absolute Gasteiger partial charge is 0.211 e. The van der Waals surface area contributed by atoms with Gasteiger partial charge in [0.25, 0.3) is 0 Å². The van der Waals surface area contributed by atoms with E-state index in [4.69, 9.17) is 5.14 Å². The standard InChI is InChI=1S/C6H15NO2S/c1-4-5(2)6(3)10(7,8)9/h5-6H,4H2,1-3H3,(H2,7,8,9)/t5-,6-/m1/s1. The average Bonchev–Trinajstić information content (AvgIpc) is 1.83. The van der Waals surface area contributed by atoms with Crippen LogP contribution in [0.1, 0.15) is 27.2 Å². The van der Waals surface area contributed by atoms with Crippen LogP contribution >= 0.6 is 0 Å². The number of nitrogens with two attached hydrogens (primary N) is 1. The van der Waals surface area contributed by atoms with Crippen molar-refractivity contribution in [2.45, 2.75) is 32.4 Å². The third kappa shape index (κ3) is 2.66. The normalized spacial score (nSPS) is 18.4. The van der Waals surface area contributed by atoms with E-state index in [0.717, 1.165) is 6.42 Å². The summed E-state index contributed by atoms with van der Waals surface area (Å²) in [5.74, 6) is 0.148. The summed E-state index contributed by atoms with van der Waals surface area (Å²) in [6.45, 7) is 5.48. The average molecular weight is 165 g/mol. The van der Waals surface area contributed by atoms with E-state index < -0.39 is 15.3 Å². The van der Waals surface area contributed by atoms with Crippen molar-refractivity contribution in [2.75, 3.05) is 0 Å². The lowest BCUT2D eigenvalue weighted by Gasteiger charge is -2.14. The molecule has 3 nitrogen and oxygen atoms in total. The monoisotopic (exact) mass is 165 g/mol. The highest BCUT2D eigenvalue weighted by molar-refractivity contribution is 7.89. The minimum atomic E-state index is -3.31. The second-order valence-corrected chi connectivity index (χ2v) is 4.60. The molecule has 0 aliphatic carbocycles. The second-order valence-electron chi connectivity index (χ2n) is 2.68. The van der Waals surface area contributed by atoms with E-state index >= 15 is 0 Å². The van der Waals surface area contributed by atoms with Gasteiger partial charge in [-0.25, -0.2) is 13.6 Å². The molecule has 2 atom stereocenters. The van der Waals surface area contributed by atoms with Crippen LogP contribution in [0.4, 0.5) is 0 Å². The lowest BCUT2D eigenvalue weighted by molar-refractivity contribution is 0.510. The van der Waals surface area contributed by atoms with Crippen molar-refractivity contribution in [1.82, 2.24) is 0 Å². The highest BCUT2D eigenvalue weighted by atomic mass is 32.2. The zero-order valence-electron chi connectivity index (χ0n) is 6.66.